The van der Waals surface area contributed by atoms with Crippen molar-refractivity contribution in [3.8, 4) is 0 Å². The maximum Gasteiger partial charge on any atom is -0.00992 e. The molecule has 0 aliphatic rings. The first-order chi connectivity index (χ1) is 12.3. The Balaban J connectivity index is 1.81. The van der Waals surface area contributed by atoms with Gasteiger partial charge in [-0.3, -0.25) is 0 Å². The first kappa shape index (κ1) is 15.7. The molecule has 0 N–H and O–H groups in total. The highest BCUT2D eigenvalue weighted by Crippen LogP contribution is 2.30. The molecule has 25 heavy (non-hydrogen) atoms. The van der Waals surface area contributed by atoms with Gasteiger partial charge in [-0.1, -0.05) is 98.3 Å². The van der Waals surface area contributed by atoms with E-state index in [-0.39, 0.29) is 0 Å². The van der Waals surface area contributed by atoms with Gasteiger partial charge in [0.1, 0.15) is 0 Å². The molecule has 0 nitrogen and oxygen atoms in total. The molecule has 0 aliphatic heterocycles. The highest BCUT2D eigenvalue weighted by Gasteiger charge is 2.04. The topological polar surface area (TPSA) is 0 Å². The summed E-state index contributed by atoms with van der Waals surface area (Å²) in [5.74, 6) is 0. The van der Waals surface area contributed by atoms with E-state index in [0.717, 1.165) is 6.42 Å². The van der Waals surface area contributed by atoms with Crippen LogP contribution in [0.1, 0.15) is 30.0 Å². The summed E-state index contributed by atoms with van der Waals surface area (Å²) in [4.78, 5) is 0. The lowest BCUT2D eigenvalue weighted by molar-refractivity contribution is 0.922. The van der Waals surface area contributed by atoms with E-state index in [9.17, 15) is 0 Å². The number of hydrogen-bond acceptors (Lipinski definition) is 0. The second-order valence-corrected chi connectivity index (χ2v) is 6.56. The van der Waals surface area contributed by atoms with E-state index < -0.39 is 0 Å². The molecule has 4 aromatic rings. The zero-order chi connectivity index (χ0) is 17.1. The summed E-state index contributed by atoms with van der Waals surface area (Å²) in [6, 6.07) is 28.5. The van der Waals surface area contributed by atoms with Gasteiger partial charge in [0.15, 0.2) is 0 Å². The van der Waals surface area contributed by atoms with E-state index in [4.69, 9.17) is 0 Å². The average molecular weight is 322 g/mol. The summed E-state index contributed by atoms with van der Waals surface area (Å²) >= 11 is 0. The normalized spacial score (nSPS) is 11.6. The standard InChI is InChI=1S/C25H22/c1-2-7-19-12-14-20(15-13-19)16-17-25-23-10-5-3-8-21(23)18-22-9-4-6-11-24(22)25/h3-6,8-18H,2,7H2,1H3. The van der Waals surface area contributed by atoms with Crippen molar-refractivity contribution in [3.05, 3.63) is 95.6 Å². The summed E-state index contributed by atoms with van der Waals surface area (Å²) in [6.07, 6.45) is 6.83. The van der Waals surface area contributed by atoms with Crippen molar-refractivity contribution in [1.82, 2.24) is 0 Å². The van der Waals surface area contributed by atoms with E-state index in [0.29, 0.717) is 0 Å². The van der Waals surface area contributed by atoms with Crippen molar-refractivity contribution in [3.63, 3.8) is 0 Å². The van der Waals surface area contributed by atoms with Gasteiger partial charge in [-0.05, 0) is 50.7 Å². The summed E-state index contributed by atoms with van der Waals surface area (Å²) in [5.41, 5.74) is 3.96. The Labute approximate surface area is 149 Å². The number of fused-ring (bicyclic) bond motifs is 2. The molecule has 0 atom stereocenters. The van der Waals surface area contributed by atoms with E-state index in [1.165, 1.54) is 44.7 Å². The molecule has 0 heterocycles. The average Bonchev–Trinajstić information content (AvgIpc) is 2.66. The fourth-order valence-electron chi connectivity index (χ4n) is 3.49. The van der Waals surface area contributed by atoms with Gasteiger partial charge in [0.05, 0.1) is 0 Å². The molecule has 4 aromatic carbocycles. The molecular formula is C25H22. The number of hydrogen-bond donors (Lipinski definition) is 0. The lowest BCUT2D eigenvalue weighted by atomic mass is 9.96. The quantitative estimate of drug-likeness (QED) is 0.277. The van der Waals surface area contributed by atoms with Crippen LogP contribution in [-0.2, 0) is 6.42 Å². The molecule has 0 unspecified atom stereocenters. The number of rotatable bonds is 4. The van der Waals surface area contributed by atoms with Crippen molar-refractivity contribution < 1.29 is 0 Å². The molecule has 0 spiro atoms. The van der Waals surface area contributed by atoms with Crippen molar-refractivity contribution in [1.29, 1.82) is 0 Å². The van der Waals surface area contributed by atoms with Gasteiger partial charge >= 0.3 is 0 Å². The highest BCUT2D eigenvalue weighted by molar-refractivity contribution is 6.07. The van der Waals surface area contributed by atoms with Gasteiger partial charge in [-0.2, -0.15) is 0 Å². The van der Waals surface area contributed by atoms with Crippen molar-refractivity contribution in [2.75, 3.05) is 0 Å². The Hall–Kier alpha value is -2.86. The Morgan fingerprint density at radius 2 is 1.28 bits per heavy atom. The van der Waals surface area contributed by atoms with Crippen molar-refractivity contribution in [2.45, 2.75) is 19.8 Å². The molecule has 0 bridgehead atoms. The summed E-state index contributed by atoms with van der Waals surface area (Å²) in [6.45, 7) is 2.22. The van der Waals surface area contributed by atoms with Crippen LogP contribution in [0.4, 0.5) is 0 Å². The van der Waals surface area contributed by atoms with Gasteiger partial charge in [0, 0.05) is 0 Å². The predicted molar refractivity (Wildman–Crippen MR) is 111 cm³/mol. The maximum atomic E-state index is 2.28. The van der Waals surface area contributed by atoms with Crippen molar-refractivity contribution in [2.24, 2.45) is 0 Å². The monoisotopic (exact) mass is 322 g/mol. The molecule has 122 valence electrons. The third-order valence-corrected chi connectivity index (χ3v) is 4.77. The van der Waals surface area contributed by atoms with Crippen LogP contribution in [0.2, 0.25) is 0 Å². The van der Waals surface area contributed by atoms with Gasteiger partial charge in [0.25, 0.3) is 0 Å². The molecule has 0 saturated heterocycles. The maximum absolute atomic E-state index is 2.28. The second kappa shape index (κ2) is 6.94. The minimum atomic E-state index is 1.15. The van der Waals surface area contributed by atoms with Crippen LogP contribution in [0.25, 0.3) is 33.7 Å². The number of benzene rings is 4. The van der Waals surface area contributed by atoms with Crippen LogP contribution < -0.4 is 0 Å². The second-order valence-electron chi connectivity index (χ2n) is 6.56. The van der Waals surface area contributed by atoms with E-state index in [1.54, 1.807) is 0 Å². The molecular weight excluding hydrogens is 300 g/mol. The third kappa shape index (κ3) is 3.21. The first-order valence-corrected chi connectivity index (χ1v) is 9.02. The first-order valence-electron chi connectivity index (χ1n) is 9.02. The van der Waals surface area contributed by atoms with Crippen LogP contribution in [0, 0.1) is 0 Å². The Morgan fingerprint density at radius 3 is 1.88 bits per heavy atom. The van der Waals surface area contributed by atoms with E-state index in [2.05, 4.69) is 97.9 Å². The zero-order valence-corrected chi connectivity index (χ0v) is 14.6. The Kier molecular flexibility index (Phi) is 4.35. The fraction of sp³-hybridized carbons (Fsp3) is 0.120. The highest BCUT2D eigenvalue weighted by atomic mass is 14.1. The molecule has 4 rings (SSSR count). The zero-order valence-electron chi connectivity index (χ0n) is 14.6. The molecule has 0 aromatic heterocycles. The van der Waals surface area contributed by atoms with Gasteiger partial charge < -0.3 is 0 Å². The lowest BCUT2D eigenvalue weighted by Crippen LogP contribution is -1.84. The SMILES string of the molecule is CCCc1ccc(C=Cc2c3ccccc3cc3ccccc23)cc1. The van der Waals surface area contributed by atoms with Crippen LogP contribution >= 0.6 is 0 Å². The van der Waals surface area contributed by atoms with Crippen LogP contribution in [-0.4, -0.2) is 0 Å². The summed E-state index contributed by atoms with van der Waals surface area (Å²) in [7, 11) is 0. The third-order valence-electron chi connectivity index (χ3n) is 4.77. The van der Waals surface area contributed by atoms with E-state index in [1.807, 2.05) is 0 Å². The van der Waals surface area contributed by atoms with Gasteiger partial charge in [0.2, 0.25) is 0 Å². The summed E-state index contributed by atoms with van der Waals surface area (Å²) in [5, 5.41) is 5.19. The van der Waals surface area contributed by atoms with Gasteiger partial charge in [-0.15, -0.1) is 0 Å². The molecule has 0 saturated carbocycles. The van der Waals surface area contributed by atoms with E-state index >= 15 is 0 Å². The van der Waals surface area contributed by atoms with Crippen molar-refractivity contribution >= 4 is 33.7 Å². The Morgan fingerprint density at radius 1 is 0.680 bits per heavy atom. The summed E-state index contributed by atoms with van der Waals surface area (Å²) < 4.78 is 0. The fourth-order valence-corrected chi connectivity index (χ4v) is 3.49. The largest absolute Gasteiger partial charge is 0.0651 e. The van der Waals surface area contributed by atoms with Crippen LogP contribution in [0.15, 0.2) is 78.9 Å². The molecule has 0 aliphatic carbocycles. The molecule has 0 heteroatoms. The minimum absolute atomic E-state index is 1.15. The Bertz CT molecular complexity index is 982. The minimum Gasteiger partial charge on any atom is -0.0651 e. The molecule has 0 radical (unpaired) electrons. The molecule has 0 fully saturated rings. The molecule has 0 amide bonds. The number of aryl methyl sites for hydroxylation is 1. The smallest absolute Gasteiger partial charge is 0.00992 e. The lowest BCUT2D eigenvalue weighted by Gasteiger charge is -2.08. The van der Waals surface area contributed by atoms with Crippen LogP contribution in [0.3, 0.4) is 0 Å². The van der Waals surface area contributed by atoms with Gasteiger partial charge in [-0.25, -0.2) is 0 Å². The predicted octanol–water partition coefficient (Wildman–Crippen LogP) is 7.12. The van der Waals surface area contributed by atoms with Crippen LogP contribution in [0.5, 0.6) is 0 Å².